The summed E-state index contributed by atoms with van der Waals surface area (Å²) in [5.74, 6) is 0. The number of nitrogens with one attached hydrogen (secondary N) is 1. The van der Waals surface area contributed by atoms with Gasteiger partial charge >= 0.3 is 0 Å². The molecule has 0 aliphatic rings. The van der Waals surface area contributed by atoms with Gasteiger partial charge in [0.2, 0.25) is 0 Å². The van der Waals surface area contributed by atoms with Gasteiger partial charge in [-0.25, -0.2) is 9.97 Å². The van der Waals surface area contributed by atoms with Gasteiger partial charge in [-0.05, 0) is 30.8 Å². The van der Waals surface area contributed by atoms with E-state index in [0.29, 0.717) is 4.77 Å². The molecule has 0 saturated heterocycles. The van der Waals surface area contributed by atoms with E-state index in [4.69, 9.17) is 12.2 Å². The molecule has 0 unspecified atom stereocenters. The highest BCUT2D eigenvalue weighted by atomic mass is 32.1. The molecule has 1 N–H and O–H groups in total. The van der Waals surface area contributed by atoms with Gasteiger partial charge in [-0.1, -0.05) is 18.2 Å². The van der Waals surface area contributed by atoms with E-state index in [1.54, 1.807) is 6.20 Å². The summed E-state index contributed by atoms with van der Waals surface area (Å²) in [7, 11) is 0. The highest BCUT2D eigenvalue weighted by Crippen LogP contribution is 2.22. The Balaban J connectivity index is 2.60. The number of H-pyrrole nitrogens is 1. The second kappa shape index (κ2) is 3.35. The lowest BCUT2D eigenvalue weighted by molar-refractivity contribution is 1.16. The van der Waals surface area contributed by atoms with Gasteiger partial charge in [0.25, 0.3) is 0 Å². The number of rotatable bonds is 0. The first-order valence-corrected chi connectivity index (χ1v) is 5.41. The Morgan fingerprint density at radius 1 is 1.19 bits per heavy atom. The summed E-state index contributed by atoms with van der Waals surface area (Å²) in [5, 5.41) is 2.18. The van der Waals surface area contributed by atoms with Crippen molar-refractivity contribution < 1.29 is 0 Å². The maximum Gasteiger partial charge on any atom is 0.198 e. The van der Waals surface area contributed by atoms with Crippen molar-refractivity contribution in [3.8, 4) is 0 Å². The minimum Gasteiger partial charge on any atom is -0.315 e. The average Bonchev–Trinajstić information content (AvgIpc) is 2.29. The van der Waals surface area contributed by atoms with Crippen molar-refractivity contribution in [2.24, 2.45) is 0 Å². The maximum absolute atomic E-state index is 5.00. The lowest BCUT2D eigenvalue weighted by Gasteiger charge is -2.05. The number of fused-ring (bicyclic) bond motifs is 2. The number of pyridine rings is 1. The third-order valence-corrected chi connectivity index (χ3v) is 2.94. The van der Waals surface area contributed by atoms with Gasteiger partial charge < -0.3 is 4.98 Å². The summed E-state index contributed by atoms with van der Waals surface area (Å²) in [5.41, 5.74) is 2.96. The number of aromatic nitrogens is 3. The van der Waals surface area contributed by atoms with Crippen molar-refractivity contribution in [3.05, 3.63) is 40.8 Å². The fourth-order valence-electron chi connectivity index (χ4n) is 1.90. The van der Waals surface area contributed by atoms with Gasteiger partial charge in [-0.2, -0.15) is 0 Å². The van der Waals surface area contributed by atoms with Crippen molar-refractivity contribution in [1.82, 2.24) is 15.0 Å². The Hall–Kier alpha value is -1.81. The van der Waals surface area contributed by atoms with Crippen molar-refractivity contribution in [1.29, 1.82) is 0 Å². The average molecular weight is 227 g/mol. The summed E-state index contributed by atoms with van der Waals surface area (Å²) in [4.78, 5) is 11.6. The van der Waals surface area contributed by atoms with Crippen LogP contribution in [0.15, 0.2) is 30.5 Å². The van der Waals surface area contributed by atoms with E-state index in [-0.39, 0.29) is 0 Å². The van der Waals surface area contributed by atoms with Gasteiger partial charge in [0.15, 0.2) is 4.77 Å². The predicted octanol–water partition coefficient (Wildman–Crippen LogP) is 3.15. The Morgan fingerprint density at radius 3 is 2.88 bits per heavy atom. The Labute approximate surface area is 97.2 Å². The lowest BCUT2D eigenvalue weighted by atomic mass is 10.1. The molecular weight excluding hydrogens is 218 g/mol. The molecule has 1 aromatic carbocycles. The minimum absolute atomic E-state index is 0.467. The van der Waals surface area contributed by atoms with Crippen LogP contribution in [0.2, 0.25) is 0 Å². The monoisotopic (exact) mass is 227 g/mol. The molecule has 0 bridgehead atoms. The van der Waals surface area contributed by atoms with E-state index >= 15 is 0 Å². The molecular formula is C12H9N3S. The second-order valence-corrected chi connectivity index (χ2v) is 4.09. The largest absolute Gasteiger partial charge is 0.315 e. The number of para-hydroxylation sites is 1. The minimum atomic E-state index is 0.467. The summed E-state index contributed by atoms with van der Waals surface area (Å²) >= 11 is 5.00. The van der Waals surface area contributed by atoms with Crippen LogP contribution in [-0.2, 0) is 0 Å². The molecule has 0 amide bonds. The molecule has 0 spiro atoms. The van der Waals surface area contributed by atoms with Crippen LogP contribution in [0.1, 0.15) is 5.56 Å². The van der Waals surface area contributed by atoms with Crippen LogP contribution in [0, 0.1) is 11.7 Å². The van der Waals surface area contributed by atoms with Gasteiger partial charge in [0.1, 0.15) is 5.65 Å². The van der Waals surface area contributed by atoms with Crippen LogP contribution >= 0.6 is 12.2 Å². The molecule has 3 aromatic rings. The first kappa shape index (κ1) is 9.42. The number of hydrogen-bond acceptors (Lipinski definition) is 3. The summed E-state index contributed by atoms with van der Waals surface area (Å²) in [6.45, 7) is 2.07. The molecule has 3 nitrogen and oxygen atoms in total. The second-order valence-electron chi connectivity index (χ2n) is 3.70. The highest BCUT2D eigenvalue weighted by Gasteiger charge is 2.04. The van der Waals surface area contributed by atoms with Gasteiger partial charge in [-0.15, -0.1) is 0 Å². The van der Waals surface area contributed by atoms with E-state index < -0.39 is 0 Å². The number of benzene rings is 1. The van der Waals surface area contributed by atoms with Crippen LogP contribution in [0.25, 0.3) is 21.9 Å². The zero-order valence-electron chi connectivity index (χ0n) is 8.69. The van der Waals surface area contributed by atoms with Crippen LogP contribution in [0.3, 0.4) is 0 Å². The van der Waals surface area contributed by atoms with E-state index in [9.17, 15) is 0 Å². The molecule has 0 aliphatic heterocycles. The molecule has 3 rings (SSSR count). The van der Waals surface area contributed by atoms with E-state index in [2.05, 4.69) is 27.9 Å². The lowest BCUT2D eigenvalue weighted by Crippen LogP contribution is -1.92. The number of aromatic amines is 1. The van der Waals surface area contributed by atoms with Crippen molar-refractivity contribution in [3.63, 3.8) is 0 Å². The zero-order chi connectivity index (χ0) is 11.1. The highest BCUT2D eigenvalue weighted by molar-refractivity contribution is 7.71. The summed E-state index contributed by atoms with van der Waals surface area (Å²) in [6, 6.07) is 8.07. The first-order chi connectivity index (χ1) is 7.75. The third kappa shape index (κ3) is 1.31. The molecule has 0 atom stereocenters. The molecule has 0 fully saturated rings. The molecule has 0 saturated carbocycles. The fourth-order valence-corrected chi connectivity index (χ4v) is 2.05. The van der Waals surface area contributed by atoms with Crippen LogP contribution in [-0.4, -0.2) is 15.0 Å². The molecule has 2 aromatic heterocycles. The molecule has 0 radical (unpaired) electrons. The van der Waals surface area contributed by atoms with Crippen LogP contribution in [0.4, 0.5) is 0 Å². The van der Waals surface area contributed by atoms with E-state index in [0.717, 1.165) is 21.9 Å². The topological polar surface area (TPSA) is 41.6 Å². The van der Waals surface area contributed by atoms with E-state index in [1.807, 2.05) is 18.2 Å². The Kier molecular flexibility index (Phi) is 1.97. The maximum atomic E-state index is 5.00. The van der Waals surface area contributed by atoms with Gasteiger partial charge in [0.05, 0.1) is 5.52 Å². The summed E-state index contributed by atoms with van der Waals surface area (Å²) in [6.07, 6.45) is 1.78. The molecule has 4 heteroatoms. The molecule has 0 aliphatic carbocycles. The quantitative estimate of drug-likeness (QED) is 0.474. The Bertz CT molecular complexity index is 746. The van der Waals surface area contributed by atoms with Gasteiger partial charge in [0, 0.05) is 17.0 Å². The number of nitrogens with zero attached hydrogens (tertiary/aromatic N) is 2. The van der Waals surface area contributed by atoms with E-state index in [1.165, 1.54) is 5.56 Å². The smallest absolute Gasteiger partial charge is 0.198 e. The third-order valence-electron chi connectivity index (χ3n) is 2.74. The zero-order valence-corrected chi connectivity index (χ0v) is 9.51. The van der Waals surface area contributed by atoms with Crippen LogP contribution < -0.4 is 0 Å². The predicted molar refractivity (Wildman–Crippen MR) is 67.0 cm³/mol. The fraction of sp³-hybridized carbons (Fsp3) is 0.0833. The molecule has 16 heavy (non-hydrogen) atoms. The normalized spacial score (nSPS) is 11.1. The van der Waals surface area contributed by atoms with Crippen molar-refractivity contribution in [2.45, 2.75) is 6.92 Å². The first-order valence-electron chi connectivity index (χ1n) is 5.00. The molecule has 2 heterocycles. The van der Waals surface area contributed by atoms with Gasteiger partial charge in [-0.3, -0.25) is 0 Å². The molecule has 78 valence electrons. The Morgan fingerprint density at radius 2 is 2.00 bits per heavy atom. The van der Waals surface area contributed by atoms with Crippen molar-refractivity contribution >= 4 is 34.2 Å². The van der Waals surface area contributed by atoms with Crippen molar-refractivity contribution in [2.75, 3.05) is 0 Å². The van der Waals surface area contributed by atoms with Crippen LogP contribution in [0.5, 0.6) is 0 Å². The summed E-state index contributed by atoms with van der Waals surface area (Å²) < 4.78 is 0.467. The standard InChI is InChI=1S/C12H9N3S/c1-7-8-4-2-3-5-10(8)14-11-9(7)6-13-12(16)15-11/h2-6H,1H3,(H,13,14,15,16). The number of aryl methyl sites for hydroxylation is 1. The number of hydrogen-bond donors (Lipinski definition) is 1. The SMILES string of the molecule is Cc1c2ccccc2nc2[nH]c(=S)ncc12.